The van der Waals surface area contributed by atoms with Crippen molar-refractivity contribution in [3.05, 3.63) is 11.1 Å². The van der Waals surface area contributed by atoms with Gasteiger partial charge in [0.25, 0.3) is 0 Å². The van der Waals surface area contributed by atoms with Crippen LogP contribution in [0, 0.1) is 0 Å². The summed E-state index contributed by atoms with van der Waals surface area (Å²) in [5.41, 5.74) is 5.06. The molecular formula is C5H9FN2S. The quantitative estimate of drug-likeness (QED) is 0.596. The van der Waals surface area contributed by atoms with Gasteiger partial charge in [-0.2, -0.15) is 4.39 Å². The number of aliphatic imine (C=N–C) groups is 1. The minimum absolute atomic E-state index is 0.373. The largest absolute Gasteiger partial charge is 0.404 e. The van der Waals surface area contributed by atoms with Gasteiger partial charge in [0, 0.05) is 13.2 Å². The van der Waals surface area contributed by atoms with Crippen LogP contribution < -0.4 is 5.73 Å². The molecule has 0 radical (unpaired) electrons. The van der Waals surface area contributed by atoms with E-state index in [-0.39, 0.29) is 0 Å². The summed E-state index contributed by atoms with van der Waals surface area (Å²) in [6, 6.07) is 0. The average molecular weight is 148 g/mol. The maximum atomic E-state index is 12.4. The summed E-state index contributed by atoms with van der Waals surface area (Å²) in [6.07, 6.45) is 2.94. The molecule has 9 heavy (non-hydrogen) atoms. The van der Waals surface area contributed by atoms with Crippen molar-refractivity contribution in [2.45, 2.75) is 0 Å². The Morgan fingerprint density at radius 2 is 2.33 bits per heavy atom. The molecule has 0 rings (SSSR count). The molecule has 0 atom stereocenters. The number of thioether (sulfide) groups is 1. The molecule has 0 fully saturated rings. The van der Waals surface area contributed by atoms with Crippen molar-refractivity contribution in [3.63, 3.8) is 0 Å². The predicted molar refractivity (Wildman–Crippen MR) is 40.3 cm³/mol. The summed E-state index contributed by atoms with van der Waals surface area (Å²) in [5, 5.41) is 0. The van der Waals surface area contributed by atoms with E-state index in [9.17, 15) is 4.39 Å². The van der Waals surface area contributed by atoms with Crippen molar-refractivity contribution in [3.8, 4) is 0 Å². The van der Waals surface area contributed by atoms with Crippen molar-refractivity contribution in [1.82, 2.24) is 0 Å². The molecule has 0 aromatic rings. The fraction of sp³-hybridized carbons (Fsp3) is 0.400. The maximum Gasteiger partial charge on any atom is 0.223 e. The Kier molecular flexibility index (Phi) is 4.13. The number of nitrogens with two attached hydrogens (primary N) is 1. The van der Waals surface area contributed by atoms with Crippen molar-refractivity contribution in [2.24, 2.45) is 10.7 Å². The Hall–Kier alpha value is -0.510. The number of hydrogen-bond acceptors (Lipinski definition) is 3. The highest BCUT2D eigenvalue weighted by Gasteiger charge is 2.00. The van der Waals surface area contributed by atoms with Gasteiger partial charge in [-0.05, 0) is 6.26 Å². The van der Waals surface area contributed by atoms with Crippen LogP contribution >= 0.6 is 11.8 Å². The van der Waals surface area contributed by atoms with Crippen molar-refractivity contribution in [1.29, 1.82) is 0 Å². The molecular weight excluding hydrogens is 139 g/mol. The highest BCUT2D eigenvalue weighted by Crippen LogP contribution is 2.12. The summed E-state index contributed by atoms with van der Waals surface area (Å²) in [7, 11) is 1.38. The van der Waals surface area contributed by atoms with Gasteiger partial charge in [0.2, 0.25) is 5.97 Å². The molecule has 0 saturated heterocycles. The Balaban J connectivity index is 4.14. The molecule has 52 valence electrons. The summed E-state index contributed by atoms with van der Waals surface area (Å²) in [4.78, 5) is 3.68. The van der Waals surface area contributed by atoms with Crippen molar-refractivity contribution in [2.75, 3.05) is 13.3 Å². The summed E-state index contributed by atoms with van der Waals surface area (Å²) in [6.45, 7) is 0. The molecule has 2 nitrogen and oxygen atoms in total. The summed E-state index contributed by atoms with van der Waals surface area (Å²) < 4.78 is 12.4. The molecule has 0 heterocycles. The number of allylic oxidation sites excluding steroid dienone is 1. The summed E-state index contributed by atoms with van der Waals surface area (Å²) >= 11 is 1.23. The van der Waals surface area contributed by atoms with E-state index < -0.39 is 5.97 Å². The van der Waals surface area contributed by atoms with Crippen LogP contribution in [0.4, 0.5) is 4.39 Å². The normalized spacial score (nSPS) is 14.1. The Morgan fingerprint density at radius 1 is 1.78 bits per heavy atom. The molecule has 0 aromatic heterocycles. The second kappa shape index (κ2) is 4.38. The lowest BCUT2D eigenvalue weighted by Crippen LogP contribution is -1.94. The van der Waals surface area contributed by atoms with Crippen LogP contribution in [0.25, 0.3) is 0 Å². The van der Waals surface area contributed by atoms with Gasteiger partial charge in [-0.15, -0.1) is 11.8 Å². The molecule has 0 bridgehead atoms. The fourth-order valence-corrected chi connectivity index (χ4v) is 0.727. The lowest BCUT2D eigenvalue weighted by molar-refractivity contribution is 0.807. The number of halogens is 1. The van der Waals surface area contributed by atoms with Gasteiger partial charge in [0.1, 0.15) is 0 Å². The van der Waals surface area contributed by atoms with E-state index >= 15 is 0 Å². The molecule has 0 amide bonds. The zero-order chi connectivity index (χ0) is 7.28. The Bertz CT molecular complexity index is 142. The molecule has 0 aliphatic rings. The van der Waals surface area contributed by atoms with Crippen LogP contribution in [0.2, 0.25) is 0 Å². The van der Waals surface area contributed by atoms with E-state index in [0.29, 0.717) is 4.91 Å². The van der Waals surface area contributed by atoms with E-state index in [1.807, 2.05) is 0 Å². The zero-order valence-corrected chi connectivity index (χ0v) is 6.20. The number of rotatable bonds is 2. The van der Waals surface area contributed by atoms with Gasteiger partial charge in [0.05, 0.1) is 4.91 Å². The smallest absolute Gasteiger partial charge is 0.223 e. The monoisotopic (exact) mass is 148 g/mol. The first-order valence-corrected chi connectivity index (χ1v) is 3.57. The van der Waals surface area contributed by atoms with Crippen LogP contribution in [0.3, 0.4) is 0 Å². The lowest BCUT2D eigenvalue weighted by atomic mass is 10.6. The number of nitrogens with zero attached hydrogens (tertiary/aromatic N) is 1. The molecule has 4 heteroatoms. The average Bonchev–Trinajstić information content (AvgIpc) is 1.90. The molecule has 0 spiro atoms. The summed E-state index contributed by atoms with van der Waals surface area (Å²) in [5.74, 6) is -0.509. The lowest BCUT2D eigenvalue weighted by Gasteiger charge is -1.94. The second-order valence-electron chi connectivity index (χ2n) is 1.25. The fourth-order valence-electron chi connectivity index (χ4n) is 0.331. The van der Waals surface area contributed by atoms with Gasteiger partial charge < -0.3 is 5.73 Å². The third kappa shape index (κ3) is 2.51. The highest BCUT2D eigenvalue weighted by molar-refractivity contribution is 8.03. The molecule has 0 aliphatic carbocycles. The van der Waals surface area contributed by atoms with Gasteiger partial charge in [0.15, 0.2) is 0 Å². The maximum absolute atomic E-state index is 12.4. The SMILES string of the molecule is CN=C(F)/C(=C\N)SC. The zero-order valence-electron chi connectivity index (χ0n) is 5.39. The van der Waals surface area contributed by atoms with Gasteiger partial charge in [-0.25, -0.2) is 0 Å². The van der Waals surface area contributed by atoms with E-state index in [0.717, 1.165) is 0 Å². The van der Waals surface area contributed by atoms with Crippen LogP contribution in [-0.2, 0) is 0 Å². The first-order chi connectivity index (χ1) is 4.26. The molecule has 0 aliphatic heterocycles. The molecule has 0 unspecified atom stereocenters. The van der Waals surface area contributed by atoms with Crippen LogP contribution in [0.1, 0.15) is 0 Å². The first kappa shape index (κ1) is 8.49. The third-order valence-corrected chi connectivity index (χ3v) is 1.52. The predicted octanol–water partition coefficient (Wildman–Crippen LogP) is 1.15. The Morgan fingerprint density at radius 3 is 2.44 bits per heavy atom. The second-order valence-corrected chi connectivity index (χ2v) is 2.10. The van der Waals surface area contributed by atoms with Crippen LogP contribution in [0.5, 0.6) is 0 Å². The van der Waals surface area contributed by atoms with Gasteiger partial charge in [-0.1, -0.05) is 0 Å². The Labute approximate surface area is 58.0 Å². The van der Waals surface area contributed by atoms with E-state index in [2.05, 4.69) is 4.99 Å². The van der Waals surface area contributed by atoms with Gasteiger partial charge >= 0.3 is 0 Å². The topological polar surface area (TPSA) is 38.4 Å². The number of hydrogen-bond donors (Lipinski definition) is 1. The standard InChI is InChI=1S/C5H9FN2S/c1-8-5(6)4(3-7)9-2/h3H,7H2,1-2H3/b4-3+,8-5?. The highest BCUT2D eigenvalue weighted by atomic mass is 32.2. The van der Waals surface area contributed by atoms with E-state index in [1.165, 1.54) is 25.0 Å². The third-order valence-electron chi connectivity index (χ3n) is 0.771. The molecule has 0 aromatic carbocycles. The molecule has 2 N–H and O–H groups in total. The first-order valence-electron chi connectivity index (χ1n) is 2.34. The van der Waals surface area contributed by atoms with E-state index in [1.54, 1.807) is 6.26 Å². The van der Waals surface area contributed by atoms with Gasteiger partial charge in [-0.3, -0.25) is 4.99 Å². The van der Waals surface area contributed by atoms with Crippen molar-refractivity contribution >= 4 is 17.7 Å². The van der Waals surface area contributed by atoms with E-state index in [4.69, 9.17) is 5.73 Å². The minimum Gasteiger partial charge on any atom is -0.404 e. The minimum atomic E-state index is -0.509. The van der Waals surface area contributed by atoms with Crippen molar-refractivity contribution < 1.29 is 4.39 Å². The van der Waals surface area contributed by atoms with Crippen LogP contribution in [-0.4, -0.2) is 19.3 Å². The molecule has 0 saturated carbocycles. The van der Waals surface area contributed by atoms with Crippen LogP contribution in [0.15, 0.2) is 16.1 Å².